The molecule has 0 saturated carbocycles. The molecule has 124 valence electrons. The predicted octanol–water partition coefficient (Wildman–Crippen LogP) is 2.94. The van der Waals surface area contributed by atoms with Crippen LogP contribution in [-0.2, 0) is 9.59 Å². The van der Waals surface area contributed by atoms with E-state index in [1.165, 1.54) is 6.92 Å². The third-order valence-electron chi connectivity index (χ3n) is 3.65. The van der Waals surface area contributed by atoms with Gasteiger partial charge in [0.15, 0.2) is 0 Å². The molecular formula is C18H29NO3. The molecule has 22 heavy (non-hydrogen) atoms. The highest BCUT2D eigenvalue weighted by molar-refractivity contribution is 5.72. The second-order valence-electron chi connectivity index (χ2n) is 5.64. The van der Waals surface area contributed by atoms with E-state index in [2.05, 4.69) is 11.4 Å². The van der Waals surface area contributed by atoms with Crippen molar-refractivity contribution >= 4 is 12.2 Å². The fourth-order valence-electron chi connectivity index (χ4n) is 1.90. The van der Waals surface area contributed by atoms with Crippen molar-refractivity contribution in [2.24, 2.45) is 5.92 Å². The highest BCUT2D eigenvalue weighted by Crippen LogP contribution is 2.16. The third kappa shape index (κ3) is 10.1. The summed E-state index contributed by atoms with van der Waals surface area (Å²) >= 11 is 0. The number of aliphatic hydroxyl groups is 1. The molecule has 4 nitrogen and oxygen atoms in total. The van der Waals surface area contributed by atoms with Crippen LogP contribution in [0.25, 0.3) is 0 Å². The summed E-state index contributed by atoms with van der Waals surface area (Å²) < 4.78 is 0. The van der Waals surface area contributed by atoms with E-state index in [4.69, 9.17) is 0 Å². The van der Waals surface area contributed by atoms with E-state index >= 15 is 0 Å². The summed E-state index contributed by atoms with van der Waals surface area (Å²) in [6, 6.07) is 0. The Hall–Kier alpha value is -1.68. The maximum atomic E-state index is 10.7. The van der Waals surface area contributed by atoms with Crippen molar-refractivity contribution < 1.29 is 14.7 Å². The van der Waals surface area contributed by atoms with Crippen molar-refractivity contribution in [3.63, 3.8) is 0 Å². The van der Waals surface area contributed by atoms with Gasteiger partial charge in [-0.1, -0.05) is 30.7 Å². The zero-order valence-corrected chi connectivity index (χ0v) is 14.1. The summed E-state index contributed by atoms with van der Waals surface area (Å²) in [5.41, 5.74) is 2.03. The van der Waals surface area contributed by atoms with Crippen molar-refractivity contribution in [2.75, 3.05) is 6.54 Å². The van der Waals surface area contributed by atoms with Crippen LogP contribution in [0.15, 0.2) is 35.5 Å². The van der Waals surface area contributed by atoms with E-state index < -0.39 is 0 Å². The van der Waals surface area contributed by atoms with Gasteiger partial charge in [0.25, 0.3) is 0 Å². The van der Waals surface area contributed by atoms with Gasteiger partial charge in [0.2, 0.25) is 5.91 Å². The smallest absolute Gasteiger partial charge is 0.217 e. The zero-order chi connectivity index (χ0) is 17.0. The lowest BCUT2D eigenvalue weighted by Gasteiger charge is -2.16. The van der Waals surface area contributed by atoms with E-state index in [1.54, 1.807) is 6.08 Å². The maximum absolute atomic E-state index is 10.7. The van der Waals surface area contributed by atoms with Crippen LogP contribution in [0.1, 0.15) is 47.0 Å². The molecule has 1 amide bonds. The van der Waals surface area contributed by atoms with Crippen LogP contribution in [0.4, 0.5) is 0 Å². The third-order valence-corrected chi connectivity index (χ3v) is 3.65. The van der Waals surface area contributed by atoms with Gasteiger partial charge >= 0.3 is 0 Å². The summed E-state index contributed by atoms with van der Waals surface area (Å²) in [7, 11) is 0. The van der Waals surface area contributed by atoms with Gasteiger partial charge in [-0.15, -0.1) is 0 Å². The number of amides is 1. The minimum Gasteiger partial charge on any atom is -0.393 e. The van der Waals surface area contributed by atoms with Gasteiger partial charge in [-0.25, -0.2) is 0 Å². The molecule has 4 heteroatoms. The van der Waals surface area contributed by atoms with Crippen LogP contribution in [0.5, 0.6) is 0 Å². The van der Waals surface area contributed by atoms with E-state index in [-0.39, 0.29) is 17.9 Å². The van der Waals surface area contributed by atoms with Crippen LogP contribution in [0.3, 0.4) is 0 Å². The van der Waals surface area contributed by atoms with Gasteiger partial charge in [0, 0.05) is 13.5 Å². The summed E-state index contributed by atoms with van der Waals surface area (Å²) in [5.74, 6) is 0.132. The average molecular weight is 307 g/mol. The minimum atomic E-state index is -0.357. The van der Waals surface area contributed by atoms with Gasteiger partial charge in [-0.3, -0.25) is 9.59 Å². The van der Waals surface area contributed by atoms with Crippen molar-refractivity contribution in [2.45, 2.75) is 53.1 Å². The van der Waals surface area contributed by atoms with Crippen LogP contribution in [0.2, 0.25) is 0 Å². The number of carbonyl (C=O) groups excluding carboxylic acids is 2. The molecule has 0 fully saturated rings. The molecule has 0 radical (unpaired) electrons. The molecule has 0 aromatic carbocycles. The number of hydrogen-bond donors (Lipinski definition) is 2. The van der Waals surface area contributed by atoms with E-state index in [9.17, 15) is 14.7 Å². The van der Waals surface area contributed by atoms with E-state index in [0.29, 0.717) is 13.0 Å². The Bertz CT molecular complexity index is 436. The molecule has 2 N–H and O–H groups in total. The van der Waals surface area contributed by atoms with Crippen LogP contribution in [0, 0.1) is 5.92 Å². The Morgan fingerprint density at radius 3 is 2.45 bits per heavy atom. The minimum absolute atomic E-state index is 0.0428. The largest absolute Gasteiger partial charge is 0.393 e. The number of aliphatic hydroxyl groups excluding tert-OH is 1. The SMILES string of the molecule is CC(=O)NC/C=C/C[C@H](C)[C@@H](O)CC/C=C(C)/C(C)=C/C=O. The first-order valence-electron chi connectivity index (χ1n) is 7.75. The molecule has 0 aliphatic heterocycles. The summed E-state index contributed by atoms with van der Waals surface area (Å²) in [6.45, 7) is 7.90. The Balaban J connectivity index is 4.08. The lowest BCUT2D eigenvalue weighted by molar-refractivity contribution is -0.118. The van der Waals surface area contributed by atoms with E-state index in [1.807, 2.05) is 32.9 Å². The number of nitrogens with one attached hydrogen (secondary N) is 1. The topological polar surface area (TPSA) is 66.4 Å². The molecule has 0 spiro atoms. The predicted molar refractivity (Wildman–Crippen MR) is 90.4 cm³/mol. The molecule has 0 unspecified atom stereocenters. The molecular weight excluding hydrogens is 278 g/mol. The standard InChI is InChI=1S/C18H29NO3/c1-14(15(2)11-13-20)9-7-10-18(22)16(3)8-5-6-12-19-17(4)21/h5-6,9,11,13,16,18,22H,7-8,10,12H2,1-4H3,(H,19,21)/b6-5+,14-9+,15-11+/t16-,18-/m0/s1. The summed E-state index contributed by atoms with van der Waals surface area (Å²) in [4.78, 5) is 21.1. The highest BCUT2D eigenvalue weighted by Gasteiger charge is 2.11. The number of rotatable bonds is 10. The molecule has 0 bridgehead atoms. The second kappa shape index (κ2) is 11.9. The van der Waals surface area contributed by atoms with Crippen molar-refractivity contribution in [3.8, 4) is 0 Å². The second-order valence-corrected chi connectivity index (χ2v) is 5.64. The van der Waals surface area contributed by atoms with Crippen molar-refractivity contribution in [3.05, 3.63) is 35.5 Å². The summed E-state index contributed by atoms with van der Waals surface area (Å²) in [5, 5.41) is 12.8. The first kappa shape index (κ1) is 20.3. The Labute approximate surface area is 134 Å². The molecule has 0 heterocycles. The fraction of sp³-hybridized carbons (Fsp3) is 0.556. The number of aldehydes is 1. The molecule has 0 aromatic heterocycles. The fourth-order valence-corrected chi connectivity index (χ4v) is 1.90. The van der Waals surface area contributed by atoms with Crippen LogP contribution in [-0.4, -0.2) is 29.9 Å². The molecule has 0 rings (SSSR count). The monoisotopic (exact) mass is 307 g/mol. The summed E-state index contributed by atoms with van der Waals surface area (Å²) in [6.07, 6.45) is 10.2. The highest BCUT2D eigenvalue weighted by atomic mass is 16.3. The Morgan fingerprint density at radius 1 is 1.18 bits per heavy atom. The Kier molecular flexibility index (Phi) is 11.0. The molecule has 0 aliphatic rings. The molecule has 2 atom stereocenters. The van der Waals surface area contributed by atoms with Crippen LogP contribution >= 0.6 is 0 Å². The quantitative estimate of drug-likeness (QED) is 0.282. The number of carbonyl (C=O) groups is 2. The van der Waals surface area contributed by atoms with Gasteiger partial charge < -0.3 is 10.4 Å². The first-order chi connectivity index (χ1) is 10.4. The van der Waals surface area contributed by atoms with Gasteiger partial charge in [-0.2, -0.15) is 0 Å². The van der Waals surface area contributed by atoms with Gasteiger partial charge in [0.1, 0.15) is 6.29 Å². The van der Waals surface area contributed by atoms with Gasteiger partial charge in [-0.05, 0) is 50.7 Å². The number of allylic oxidation sites excluding steroid dienone is 5. The lowest BCUT2D eigenvalue weighted by Crippen LogP contribution is -2.19. The molecule has 0 aliphatic carbocycles. The normalized spacial score (nSPS) is 15.7. The van der Waals surface area contributed by atoms with Gasteiger partial charge in [0.05, 0.1) is 6.10 Å². The molecule has 0 aromatic rings. The maximum Gasteiger partial charge on any atom is 0.217 e. The van der Waals surface area contributed by atoms with E-state index in [0.717, 1.165) is 30.3 Å². The zero-order valence-electron chi connectivity index (χ0n) is 14.1. The Morgan fingerprint density at radius 2 is 1.86 bits per heavy atom. The van der Waals surface area contributed by atoms with Crippen LogP contribution < -0.4 is 5.32 Å². The van der Waals surface area contributed by atoms with Crippen molar-refractivity contribution in [1.82, 2.24) is 5.32 Å². The first-order valence-corrected chi connectivity index (χ1v) is 7.75. The average Bonchev–Trinajstić information content (AvgIpc) is 2.46. The lowest BCUT2D eigenvalue weighted by atomic mass is 9.96. The molecule has 0 saturated heterocycles. The van der Waals surface area contributed by atoms with Crippen molar-refractivity contribution in [1.29, 1.82) is 0 Å². The number of hydrogen-bond acceptors (Lipinski definition) is 3.